The third-order valence-electron chi connectivity index (χ3n) is 11.8. The average molecular weight is 748 g/mol. The number of nitrogens with zero attached hydrogens (tertiary/aromatic N) is 3. The number of aromatic nitrogens is 2. The second kappa shape index (κ2) is 23.5. The predicted molar refractivity (Wildman–Crippen MR) is 218 cm³/mol. The van der Waals surface area contributed by atoms with Crippen molar-refractivity contribution in [1.82, 2.24) is 14.7 Å². The summed E-state index contributed by atoms with van der Waals surface area (Å²) in [5.41, 5.74) is 1.91. The standard InChI is InChI=1S/C45H67F2N5O2/c1-51-43(29-30-48-51)40-35-38(49-45(53)50-42-34-37(46)23-27-41(42)47)24-28-44(40)54-33-32-52-31-19-17-15-13-11-9-7-5-3-2-4-6-8-10-12-14-16-18-20-36-21-25-39(52)26-22-36/h23-24,27-30,34-36,39H,2-22,25-26,31-33H2,1H3,(H2,49,50,53). The van der Waals surface area contributed by atoms with Crippen molar-refractivity contribution in [3.63, 3.8) is 0 Å². The number of hydrogen-bond acceptors (Lipinski definition) is 4. The molecule has 9 heteroatoms. The first kappa shape index (κ1) is 41.7. The highest BCUT2D eigenvalue weighted by atomic mass is 19.1. The number of amides is 2. The minimum Gasteiger partial charge on any atom is -0.492 e. The molecular formula is C45H67F2N5O2. The van der Waals surface area contributed by atoms with E-state index in [0.29, 0.717) is 24.1 Å². The van der Waals surface area contributed by atoms with Crippen molar-refractivity contribution in [2.24, 2.45) is 13.0 Å². The number of anilines is 2. The molecule has 298 valence electrons. The number of hydrogen-bond donors (Lipinski definition) is 2. The number of halogens is 2. The molecule has 0 atom stereocenters. The molecule has 7 nitrogen and oxygen atoms in total. The van der Waals surface area contributed by atoms with Crippen molar-refractivity contribution in [1.29, 1.82) is 0 Å². The Balaban J connectivity index is 1.17. The first-order chi connectivity index (χ1) is 26.5. The average Bonchev–Trinajstić information content (AvgIpc) is 3.60. The number of carbonyl (C=O) groups is 1. The molecule has 0 spiro atoms. The lowest BCUT2D eigenvalue weighted by Crippen LogP contribution is -2.41. The van der Waals surface area contributed by atoms with Crippen molar-refractivity contribution in [2.45, 2.75) is 154 Å². The zero-order valence-corrected chi connectivity index (χ0v) is 33.1. The van der Waals surface area contributed by atoms with Crippen LogP contribution in [0, 0.1) is 17.6 Å². The number of rotatable bonds is 7. The van der Waals surface area contributed by atoms with Gasteiger partial charge in [-0.25, -0.2) is 13.6 Å². The predicted octanol–water partition coefficient (Wildman–Crippen LogP) is 12.7. The highest BCUT2D eigenvalue weighted by Gasteiger charge is 2.26. The van der Waals surface area contributed by atoms with Gasteiger partial charge in [-0.2, -0.15) is 5.10 Å². The molecule has 3 heterocycles. The number of benzene rings is 2. The minimum absolute atomic E-state index is 0.227. The second-order valence-corrected chi connectivity index (χ2v) is 16.0. The molecule has 1 aliphatic carbocycles. The van der Waals surface area contributed by atoms with E-state index in [1.54, 1.807) is 16.9 Å². The Morgan fingerprint density at radius 1 is 0.722 bits per heavy atom. The summed E-state index contributed by atoms with van der Waals surface area (Å²) in [6, 6.07) is 10.3. The van der Waals surface area contributed by atoms with E-state index < -0.39 is 17.7 Å². The van der Waals surface area contributed by atoms with Gasteiger partial charge in [-0.3, -0.25) is 9.58 Å². The van der Waals surface area contributed by atoms with Crippen molar-refractivity contribution in [2.75, 3.05) is 30.3 Å². The number of fused-ring (bicyclic) bond motifs is 22. The highest BCUT2D eigenvalue weighted by molar-refractivity contribution is 6.00. The van der Waals surface area contributed by atoms with Crippen LogP contribution >= 0.6 is 0 Å². The summed E-state index contributed by atoms with van der Waals surface area (Å²) in [7, 11) is 1.87. The second-order valence-electron chi connectivity index (χ2n) is 16.0. The molecule has 2 N–H and O–H groups in total. The number of aryl methyl sites for hydroxylation is 1. The molecule has 6 rings (SSSR count). The molecule has 2 amide bonds. The Labute approximate surface area is 324 Å². The number of nitrogens with one attached hydrogen (secondary N) is 2. The fourth-order valence-corrected chi connectivity index (χ4v) is 8.57. The van der Waals surface area contributed by atoms with Gasteiger partial charge in [0.05, 0.1) is 11.4 Å². The van der Waals surface area contributed by atoms with E-state index >= 15 is 0 Å². The van der Waals surface area contributed by atoms with Crippen LogP contribution in [0.3, 0.4) is 0 Å². The van der Waals surface area contributed by atoms with E-state index in [4.69, 9.17) is 4.74 Å². The molecule has 2 bridgehead atoms. The number of carbonyl (C=O) groups excluding carboxylic acids is 1. The maximum atomic E-state index is 14.2. The van der Waals surface area contributed by atoms with Crippen LogP contribution in [0.2, 0.25) is 0 Å². The van der Waals surface area contributed by atoms with Crippen LogP contribution in [0.5, 0.6) is 5.75 Å². The molecule has 3 aromatic rings. The molecule has 1 aromatic heterocycles. The smallest absolute Gasteiger partial charge is 0.323 e. The fourth-order valence-electron chi connectivity index (χ4n) is 8.57. The molecule has 2 aliphatic heterocycles. The molecule has 54 heavy (non-hydrogen) atoms. The van der Waals surface area contributed by atoms with Gasteiger partial charge in [-0.05, 0) is 81.0 Å². The largest absolute Gasteiger partial charge is 0.492 e. The molecule has 3 aliphatic rings. The third-order valence-corrected chi connectivity index (χ3v) is 11.8. The van der Waals surface area contributed by atoms with E-state index in [-0.39, 0.29) is 5.69 Å². The Morgan fingerprint density at radius 2 is 1.33 bits per heavy atom. The van der Waals surface area contributed by atoms with Gasteiger partial charge in [0.15, 0.2) is 0 Å². The van der Waals surface area contributed by atoms with E-state index in [2.05, 4.69) is 20.6 Å². The highest BCUT2D eigenvalue weighted by Crippen LogP contribution is 2.34. The van der Waals surface area contributed by atoms with Gasteiger partial charge in [0.25, 0.3) is 0 Å². The summed E-state index contributed by atoms with van der Waals surface area (Å²) in [6.07, 6.45) is 33.5. The van der Waals surface area contributed by atoms with Crippen molar-refractivity contribution < 1.29 is 18.3 Å². The van der Waals surface area contributed by atoms with Crippen molar-refractivity contribution >= 4 is 17.4 Å². The van der Waals surface area contributed by atoms with Gasteiger partial charge in [-0.15, -0.1) is 0 Å². The Kier molecular flexibility index (Phi) is 18.1. The topological polar surface area (TPSA) is 71.4 Å². The van der Waals surface area contributed by atoms with Crippen LogP contribution in [-0.4, -0.2) is 46.4 Å². The fraction of sp³-hybridized carbons (Fsp3) is 0.644. The Hall–Kier alpha value is -3.46. The number of urea groups is 1. The lowest BCUT2D eigenvalue weighted by Gasteiger charge is -2.37. The zero-order valence-electron chi connectivity index (χ0n) is 33.1. The minimum atomic E-state index is -0.712. The maximum absolute atomic E-state index is 14.2. The summed E-state index contributed by atoms with van der Waals surface area (Å²) in [6.45, 7) is 2.57. The van der Waals surface area contributed by atoms with Gasteiger partial charge in [0, 0.05) is 43.1 Å². The molecule has 1 saturated carbocycles. The number of ether oxygens (including phenoxy) is 1. The zero-order chi connectivity index (χ0) is 37.8. The van der Waals surface area contributed by atoms with Gasteiger partial charge >= 0.3 is 6.03 Å². The van der Waals surface area contributed by atoms with E-state index in [1.165, 1.54) is 148 Å². The Bertz CT molecular complexity index is 1520. The van der Waals surface area contributed by atoms with E-state index in [0.717, 1.165) is 48.5 Å². The SMILES string of the molecule is Cn1nccc1-c1cc(NC(=O)Nc2cc(F)ccc2F)ccc1OCCN1CCCCCCCCCCCCCCCCCCCCC2CCC1CC2. The van der Waals surface area contributed by atoms with E-state index in [1.807, 2.05) is 25.2 Å². The molecule has 0 radical (unpaired) electrons. The van der Waals surface area contributed by atoms with Crippen LogP contribution in [0.1, 0.15) is 148 Å². The third kappa shape index (κ3) is 14.3. The summed E-state index contributed by atoms with van der Waals surface area (Å²) in [4.78, 5) is 15.5. The first-order valence-corrected chi connectivity index (χ1v) is 21.5. The van der Waals surface area contributed by atoms with Crippen molar-refractivity contribution in [3.8, 4) is 17.0 Å². The lowest BCUT2D eigenvalue weighted by atomic mass is 9.82. The molecule has 2 aromatic carbocycles. The lowest BCUT2D eigenvalue weighted by molar-refractivity contribution is 0.111. The van der Waals surface area contributed by atoms with Gasteiger partial charge in [-0.1, -0.05) is 116 Å². The molecule has 0 unspecified atom stereocenters. The van der Waals surface area contributed by atoms with Crippen LogP contribution in [0.4, 0.5) is 25.0 Å². The summed E-state index contributed by atoms with van der Waals surface area (Å²) in [5, 5.41) is 9.52. The maximum Gasteiger partial charge on any atom is 0.323 e. The van der Waals surface area contributed by atoms with Crippen LogP contribution in [-0.2, 0) is 7.05 Å². The van der Waals surface area contributed by atoms with Crippen LogP contribution < -0.4 is 15.4 Å². The monoisotopic (exact) mass is 748 g/mol. The van der Waals surface area contributed by atoms with Crippen LogP contribution in [0.15, 0.2) is 48.7 Å². The summed E-state index contributed by atoms with van der Waals surface area (Å²) >= 11 is 0. The Morgan fingerprint density at radius 3 is 1.94 bits per heavy atom. The quantitative estimate of drug-likeness (QED) is 0.252. The van der Waals surface area contributed by atoms with E-state index in [9.17, 15) is 13.6 Å². The van der Waals surface area contributed by atoms with Gasteiger partial charge < -0.3 is 15.4 Å². The molecular weight excluding hydrogens is 681 g/mol. The summed E-state index contributed by atoms with van der Waals surface area (Å²) in [5.74, 6) is 0.255. The summed E-state index contributed by atoms with van der Waals surface area (Å²) < 4.78 is 36.1. The van der Waals surface area contributed by atoms with Crippen molar-refractivity contribution in [3.05, 3.63) is 60.3 Å². The van der Waals surface area contributed by atoms with Gasteiger partial charge in [0.2, 0.25) is 0 Å². The normalized spacial score (nSPS) is 21.1. The first-order valence-electron chi connectivity index (χ1n) is 21.5. The molecule has 2 saturated heterocycles. The van der Waals surface area contributed by atoms with Gasteiger partial charge in [0.1, 0.15) is 24.0 Å². The molecule has 3 fully saturated rings. The van der Waals surface area contributed by atoms with Crippen LogP contribution in [0.25, 0.3) is 11.3 Å².